The molecule has 0 bridgehead atoms. The molecule has 0 amide bonds. The van der Waals surface area contributed by atoms with Crippen molar-refractivity contribution in [2.24, 2.45) is 5.84 Å². The van der Waals surface area contributed by atoms with Crippen LogP contribution in [-0.4, -0.2) is 4.98 Å². The molecule has 0 radical (unpaired) electrons. The van der Waals surface area contributed by atoms with Crippen molar-refractivity contribution in [3.8, 4) is 0 Å². The maximum Gasteiger partial charge on any atom is 0.0897 e. The van der Waals surface area contributed by atoms with Crippen LogP contribution in [0, 0.1) is 13.8 Å². The van der Waals surface area contributed by atoms with Crippen molar-refractivity contribution in [3.05, 3.63) is 51.5 Å². The Morgan fingerprint density at radius 2 is 2.19 bits per heavy atom. The maximum atomic E-state index is 5.63. The number of aryl methyl sites for hydroxylation is 2. The van der Waals surface area contributed by atoms with Gasteiger partial charge in [0, 0.05) is 11.1 Å². The molecule has 2 rings (SSSR count). The Morgan fingerprint density at radius 3 is 2.75 bits per heavy atom. The first-order valence-corrected chi connectivity index (χ1v) is 5.97. The summed E-state index contributed by atoms with van der Waals surface area (Å²) in [6.07, 6.45) is 1.88. The van der Waals surface area contributed by atoms with Gasteiger partial charge in [-0.15, -0.1) is 11.3 Å². The van der Waals surface area contributed by atoms with Crippen LogP contribution in [0.2, 0.25) is 0 Å². The molecule has 84 valence electrons. The molecule has 0 saturated heterocycles. The topological polar surface area (TPSA) is 50.9 Å². The number of benzene rings is 1. The Labute approximate surface area is 99.3 Å². The molecule has 3 nitrogen and oxygen atoms in total. The Morgan fingerprint density at radius 1 is 1.38 bits per heavy atom. The Hall–Kier alpha value is -1.23. The molecule has 1 unspecified atom stereocenters. The fourth-order valence-electron chi connectivity index (χ4n) is 1.70. The molecular formula is C12H15N3S. The number of aromatic nitrogens is 1. The third kappa shape index (κ3) is 2.29. The Balaban J connectivity index is 2.36. The molecule has 1 heterocycles. The van der Waals surface area contributed by atoms with Gasteiger partial charge in [-0.2, -0.15) is 0 Å². The molecule has 3 N–H and O–H groups in total. The lowest BCUT2D eigenvalue weighted by atomic mass is 10.0. The minimum absolute atomic E-state index is 0.0334. The summed E-state index contributed by atoms with van der Waals surface area (Å²) in [5, 5.41) is 1.06. The Bertz CT molecular complexity index is 479. The first kappa shape index (κ1) is 11.3. The number of thiazole rings is 1. The summed E-state index contributed by atoms with van der Waals surface area (Å²) in [5.74, 6) is 5.63. The van der Waals surface area contributed by atoms with Gasteiger partial charge in [0.05, 0.1) is 11.0 Å². The molecule has 0 fully saturated rings. The van der Waals surface area contributed by atoms with E-state index in [9.17, 15) is 0 Å². The van der Waals surface area contributed by atoms with E-state index >= 15 is 0 Å². The van der Waals surface area contributed by atoms with E-state index in [0.717, 1.165) is 9.88 Å². The van der Waals surface area contributed by atoms with Gasteiger partial charge in [0.1, 0.15) is 0 Å². The molecular weight excluding hydrogens is 218 g/mol. The first-order valence-electron chi connectivity index (χ1n) is 5.15. The smallest absolute Gasteiger partial charge is 0.0897 e. The largest absolute Gasteiger partial charge is 0.271 e. The molecule has 16 heavy (non-hydrogen) atoms. The van der Waals surface area contributed by atoms with Crippen LogP contribution in [0.4, 0.5) is 0 Å². The van der Waals surface area contributed by atoms with Crippen LogP contribution in [0.3, 0.4) is 0 Å². The minimum Gasteiger partial charge on any atom is -0.271 e. The van der Waals surface area contributed by atoms with Crippen molar-refractivity contribution < 1.29 is 0 Å². The number of nitrogens with zero attached hydrogens (tertiary/aromatic N) is 1. The lowest BCUT2D eigenvalue weighted by Crippen LogP contribution is -2.28. The highest BCUT2D eigenvalue weighted by Crippen LogP contribution is 2.26. The standard InChI is InChI=1S/C12H15N3S/c1-8-4-3-5-10(6-8)12(15-13)11-7-14-9(2)16-11/h3-7,12,15H,13H2,1-2H3. The van der Waals surface area contributed by atoms with Crippen LogP contribution < -0.4 is 11.3 Å². The molecule has 1 aromatic carbocycles. The van der Waals surface area contributed by atoms with Crippen molar-refractivity contribution >= 4 is 11.3 Å². The highest BCUT2D eigenvalue weighted by molar-refractivity contribution is 7.11. The average molecular weight is 233 g/mol. The SMILES string of the molecule is Cc1cccc(C(NN)c2cnc(C)s2)c1. The van der Waals surface area contributed by atoms with Crippen LogP contribution in [0.5, 0.6) is 0 Å². The summed E-state index contributed by atoms with van der Waals surface area (Å²) in [5.41, 5.74) is 5.25. The summed E-state index contributed by atoms with van der Waals surface area (Å²) in [6.45, 7) is 4.08. The molecule has 0 aliphatic rings. The van der Waals surface area contributed by atoms with Gasteiger partial charge in [-0.3, -0.25) is 5.84 Å². The monoisotopic (exact) mass is 233 g/mol. The van der Waals surface area contributed by atoms with E-state index in [1.54, 1.807) is 11.3 Å². The third-order valence-electron chi connectivity index (χ3n) is 2.47. The average Bonchev–Trinajstić information content (AvgIpc) is 2.66. The number of hydrogen-bond acceptors (Lipinski definition) is 4. The normalized spacial score (nSPS) is 12.7. The number of rotatable bonds is 3. The van der Waals surface area contributed by atoms with Gasteiger partial charge < -0.3 is 0 Å². The van der Waals surface area contributed by atoms with Gasteiger partial charge in [-0.05, 0) is 19.4 Å². The number of hydrazine groups is 1. The molecule has 1 atom stereocenters. The second kappa shape index (κ2) is 4.74. The number of hydrogen-bond donors (Lipinski definition) is 2. The van der Waals surface area contributed by atoms with Crippen LogP contribution >= 0.6 is 11.3 Å². The van der Waals surface area contributed by atoms with Crippen LogP contribution in [0.1, 0.15) is 27.1 Å². The predicted molar refractivity (Wildman–Crippen MR) is 67.2 cm³/mol. The highest BCUT2D eigenvalue weighted by atomic mass is 32.1. The quantitative estimate of drug-likeness (QED) is 0.632. The summed E-state index contributed by atoms with van der Waals surface area (Å²) in [7, 11) is 0. The van der Waals surface area contributed by atoms with Crippen molar-refractivity contribution in [2.75, 3.05) is 0 Å². The van der Waals surface area contributed by atoms with Gasteiger partial charge in [0.25, 0.3) is 0 Å². The second-order valence-corrected chi connectivity index (χ2v) is 5.06. The fourth-order valence-corrected chi connectivity index (χ4v) is 2.58. The zero-order valence-electron chi connectivity index (χ0n) is 9.40. The van der Waals surface area contributed by atoms with Crippen LogP contribution in [-0.2, 0) is 0 Å². The van der Waals surface area contributed by atoms with Crippen molar-refractivity contribution in [1.82, 2.24) is 10.4 Å². The van der Waals surface area contributed by atoms with E-state index in [4.69, 9.17) is 5.84 Å². The lowest BCUT2D eigenvalue weighted by molar-refractivity contribution is 0.645. The van der Waals surface area contributed by atoms with E-state index < -0.39 is 0 Å². The summed E-state index contributed by atoms with van der Waals surface area (Å²) in [4.78, 5) is 5.40. The van der Waals surface area contributed by atoms with E-state index in [1.165, 1.54) is 11.1 Å². The van der Waals surface area contributed by atoms with Gasteiger partial charge in [0.15, 0.2) is 0 Å². The highest BCUT2D eigenvalue weighted by Gasteiger charge is 2.14. The van der Waals surface area contributed by atoms with E-state index in [1.807, 2.05) is 19.2 Å². The van der Waals surface area contributed by atoms with E-state index in [-0.39, 0.29) is 6.04 Å². The van der Waals surface area contributed by atoms with Crippen LogP contribution in [0.25, 0.3) is 0 Å². The molecule has 1 aromatic heterocycles. The summed E-state index contributed by atoms with van der Waals surface area (Å²) >= 11 is 1.67. The second-order valence-electron chi connectivity index (χ2n) is 3.80. The van der Waals surface area contributed by atoms with Crippen LogP contribution in [0.15, 0.2) is 30.5 Å². The lowest BCUT2D eigenvalue weighted by Gasteiger charge is -2.14. The fraction of sp³-hybridized carbons (Fsp3) is 0.250. The van der Waals surface area contributed by atoms with Gasteiger partial charge in [-0.25, -0.2) is 10.4 Å². The maximum absolute atomic E-state index is 5.63. The molecule has 0 spiro atoms. The number of nitrogens with two attached hydrogens (primary N) is 1. The zero-order chi connectivity index (χ0) is 11.5. The minimum atomic E-state index is 0.0334. The molecule has 0 aliphatic heterocycles. The van der Waals surface area contributed by atoms with Gasteiger partial charge >= 0.3 is 0 Å². The van der Waals surface area contributed by atoms with Crippen molar-refractivity contribution in [2.45, 2.75) is 19.9 Å². The molecule has 4 heteroatoms. The summed E-state index contributed by atoms with van der Waals surface area (Å²) < 4.78 is 0. The molecule has 0 aliphatic carbocycles. The Kier molecular flexibility index (Phi) is 3.33. The van der Waals surface area contributed by atoms with E-state index in [0.29, 0.717) is 0 Å². The summed E-state index contributed by atoms with van der Waals surface area (Å²) in [6, 6.07) is 8.37. The van der Waals surface area contributed by atoms with Crippen molar-refractivity contribution in [1.29, 1.82) is 0 Å². The first-order chi connectivity index (χ1) is 7.70. The van der Waals surface area contributed by atoms with Crippen molar-refractivity contribution in [3.63, 3.8) is 0 Å². The van der Waals surface area contributed by atoms with Gasteiger partial charge in [0.2, 0.25) is 0 Å². The molecule has 2 aromatic rings. The van der Waals surface area contributed by atoms with E-state index in [2.05, 4.69) is 35.5 Å². The predicted octanol–water partition coefficient (Wildman–Crippen LogP) is 2.31. The third-order valence-corrected chi connectivity index (χ3v) is 3.44. The number of nitrogens with one attached hydrogen (secondary N) is 1. The van der Waals surface area contributed by atoms with Gasteiger partial charge in [-0.1, -0.05) is 29.8 Å². The molecule has 0 saturated carbocycles. The zero-order valence-corrected chi connectivity index (χ0v) is 10.2.